The number of aromatic nitrogens is 3. The van der Waals surface area contributed by atoms with Crippen LogP contribution in [0.3, 0.4) is 0 Å². The third-order valence-electron chi connectivity index (χ3n) is 19.7. The number of hydrogen-bond donors (Lipinski definition) is 23. The fraction of sp³-hybridized carbons (Fsp3) is 0.547. The van der Waals surface area contributed by atoms with Gasteiger partial charge in [-0.1, -0.05) is 62.4 Å². The summed E-state index contributed by atoms with van der Waals surface area (Å²) in [7, 11) is 0. The lowest BCUT2D eigenvalue weighted by Crippen LogP contribution is -2.61. The molecule has 0 aliphatic carbocycles. The fourth-order valence-corrected chi connectivity index (χ4v) is 14.0. The highest BCUT2D eigenvalue weighted by molar-refractivity contribution is 7.82. The number of H-pyrrole nitrogens is 2. The molecule has 46 heteroatoms. The molecule has 6 rings (SSSR count). The highest BCUT2D eigenvalue weighted by atomic mass is 32.1. The third-order valence-corrected chi connectivity index (χ3v) is 20.8. The Kier molecular flexibility index (Phi) is 40.9. The number of amides is 11. The molecule has 2 fully saturated rings. The number of hydrogen-bond acceptors (Lipinski definition) is 26. The monoisotopic (exact) mass is 1750 g/mol. The average Bonchev–Trinajstić information content (AvgIpc) is 1.71. The number of nitrogens with one attached hydrogen (secondary N) is 12. The van der Waals surface area contributed by atoms with Gasteiger partial charge in [0.1, 0.15) is 48.3 Å². The zero-order valence-corrected chi connectivity index (χ0v) is 69.6. The van der Waals surface area contributed by atoms with Crippen LogP contribution >= 0.6 is 37.9 Å². The fourth-order valence-electron chi connectivity index (χ4n) is 13.4. The molecule has 11 atom stereocenters. The van der Waals surface area contributed by atoms with Crippen molar-refractivity contribution in [2.24, 2.45) is 28.1 Å². The van der Waals surface area contributed by atoms with E-state index in [1.165, 1.54) is 27.2 Å². The van der Waals surface area contributed by atoms with E-state index in [-0.39, 0.29) is 129 Å². The van der Waals surface area contributed by atoms with Crippen molar-refractivity contribution < 1.29 is 102 Å². The van der Waals surface area contributed by atoms with Crippen LogP contribution in [0, 0.1) is 5.92 Å². The number of nitrogens with two attached hydrogens (primary N) is 3. The molecular weight excluding hydrogens is 1640 g/mol. The van der Waals surface area contributed by atoms with Gasteiger partial charge in [-0.15, -0.1) is 37.9 Å². The second-order valence-electron chi connectivity index (χ2n) is 29.4. The Morgan fingerprint density at radius 3 is 1.49 bits per heavy atom. The summed E-state index contributed by atoms with van der Waals surface area (Å²) in [4.78, 5) is 239. The first-order valence-electron chi connectivity index (χ1n) is 39.2. The summed E-state index contributed by atoms with van der Waals surface area (Å²) in [6.07, 6.45) is 3.03. The minimum Gasteiger partial charge on any atom is -0.481 e. The molecule has 2 aliphatic rings. The van der Waals surface area contributed by atoms with E-state index >= 15 is 9.59 Å². The number of carboxylic acids is 5. The Bertz CT molecular complexity index is 4210. The standard InChI is InChI=1S/C75H110N22O21S3/c1-42(2)60(74(117)118)90-66(112)54-18-11-23-97(54)73(116)50(16-8-9-21-76)85-68(114)71(120)91-65(111)52(33-44-35-81-47-15-7-6-14-46(44)47)87-61(107)48(17-10-22-80-75(77)78)83-63(109)51(32-43-12-4-3-5-13-43)86-64(110)53(34-45-36-79-41-82-45)88-62(108)49(19-20-56(99)100)84-67(113)72(121)92-69(115)70(119)89-55(98)37-93-24-26-94(38-57(101)102)28-30-96(40-59(105)106)31-29-95(27-25-93)39-58(103)104/h3-7,12-15,35-36,41-42,48-54,60,70-72,81,119-121H,8-11,16-34,37-40,76H2,1-2H3,(H,79,82)(H,83,109)(H,84,113)(H,85,114)(H,86,110)(H,87,107)(H,88,108)(H,89,98)(H,90,112)(H,91,111)(H,92,115)(H,99,100)(H,101,102)(H,103,104)(H,105,106)(H,117,118)(H4,77,78,80)/t48-,49-,50-,51+,52-,53-,54-,60-,70-,71-,72-/m0/s1. The first-order chi connectivity index (χ1) is 57.5. The van der Waals surface area contributed by atoms with Gasteiger partial charge in [-0.2, -0.15) is 0 Å². The Labute approximate surface area is 712 Å². The third kappa shape index (κ3) is 34.1. The zero-order chi connectivity index (χ0) is 89.0. The van der Waals surface area contributed by atoms with Gasteiger partial charge in [-0.25, -0.2) is 9.78 Å². The number of guanidine groups is 1. The number of rotatable bonds is 47. The Balaban J connectivity index is 1.20. The van der Waals surface area contributed by atoms with Crippen LogP contribution in [-0.2, 0) is 96.0 Å². The zero-order valence-electron chi connectivity index (χ0n) is 66.9. The molecule has 43 nitrogen and oxygen atoms in total. The molecule has 2 saturated heterocycles. The number of carbonyl (C=O) groups excluding carboxylic acids is 11. The second-order valence-corrected chi connectivity index (χ2v) is 30.9. The quantitative estimate of drug-likeness (QED) is 0.00646. The van der Waals surface area contributed by atoms with Crippen molar-refractivity contribution >= 4 is 150 Å². The molecule has 121 heavy (non-hydrogen) atoms. The number of carbonyl (C=O) groups is 16. The first-order valence-corrected chi connectivity index (χ1v) is 40.7. The molecule has 0 unspecified atom stereocenters. The number of aliphatic carboxylic acids is 5. The lowest BCUT2D eigenvalue weighted by molar-refractivity contribution is -0.146. The van der Waals surface area contributed by atoms with E-state index in [0.29, 0.717) is 41.3 Å². The summed E-state index contributed by atoms with van der Waals surface area (Å²) in [6.45, 7) is 2.43. The van der Waals surface area contributed by atoms with Gasteiger partial charge < -0.3 is 111 Å². The molecule has 2 aromatic carbocycles. The molecule has 11 amide bonds. The lowest BCUT2D eigenvalue weighted by Gasteiger charge is -2.33. The topological polar surface area (TPSA) is 646 Å². The number of thiol groups is 3. The molecular formula is C75H110N22O21S3. The summed E-state index contributed by atoms with van der Waals surface area (Å²) < 4.78 is 0. The van der Waals surface area contributed by atoms with Crippen LogP contribution in [0.1, 0.15) is 88.5 Å². The lowest BCUT2D eigenvalue weighted by atomic mass is 10.0. The van der Waals surface area contributed by atoms with Crippen LogP contribution in [0.5, 0.6) is 0 Å². The SMILES string of the molecule is CC(C)[C@H](NC(=O)[C@@H]1CCCN1C(=O)[C@H](CCCCN)NC(=O)[C@H](S)NC(=O)[C@H](Cc1c[nH]c2ccccc12)NC(=O)[C@H](CCCN=C(N)N)NC(=O)[C@@H](Cc1ccccc1)NC(=O)[C@H](Cc1c[nH]cn1)NC(=O)[C@H](CCC(=O)O)NC(=O)[C@H](S)NC(=O)[C@H](S)NC(=O)CN1CCN(CC(=O)O)CCN(CC(=O)O)CCN(CC(=O)O)CC1)C(=O)O. The predicted molar refractivity (Wildman–Crippen MR) is 446 cm³/mol. The highest BCUT2D eigenvalue weighted by Crippen LogP contribution is 2.23. The van der Waals surface area contributed by atoms with Gasteiger partial charge in [-0.3, -0.25) is 96.5 Å². The second kappa shape index (κ2) is 50.2. The van der Waals surface area contributed by atoms with E-state index < -0.39 is 204 Å². The maximum atomic E-state index is 15.1. The van der Waals surface area contributed by atoms with Crippen LogP contribution < -0.4 is 70.4 Å². The normalized spacial score (nSPS) is 17.0. The number of para-hydroxylation sites is 1. The molecule has 0 radical (unpaired) electrons. The van der Waals surface area contributed by atoms with Crippen molar-refractivity contribution in [2.45, 2.75) is 155 Å². The number of unbranched alkanes of at least 4 members (excludes halogenated alkanes) is 1. The molecule has 0 saturated carbocycles. The molecule has 2 aliphatic heterocycles. The van der Waals surface area contributed by atoms with Crippen LogP contribution in [0.15, 0.2) is 78.3 Å². The van der Waals surface area contributed by atoms with Crippen molar-refractivity contribution in [2.75, 3.05) is 98.2 Å². The van der Waals surface area contributed by atoms with Crippen LogP contribution in [0.2, 0.25) is 0 Å². The number of benzene rings is 2. The predicted octanol–water partition coefficient (Wildman–Crippen LogP) is -5.32. The number of imidazole rings is 1. The van der Waals surface area contributed by atoms with Gasteiger partial charge in [0.2, 0.25) is 47.3 Å². The molecule has 664 valence electrons. The van der Waals surface area contributed by atoms with Gasteiger partial charge in [0.15, 0.2) is 22.1 Å². The van der Waals surface area contributed by atoms with E-state index in [1.54, 1.807) is 84.4 Å². The number of carboxylic acid groups (broad SMARTS) is 5. The van der Waals surface area contributed by atoms with Gasteiger partial charge in [0.05, 0.1) is 38.2 Å². The maximum Gasteiger partial charge on any atom is 0.326 e. The first kappa shape index (κ1) is 98.7. The smallest absolute Gasteiger partial charge is 0.326 e. The summed E-state index contributed by atoms with van der Waals surface area (Å²) in [5, 5.41) is 69.0. The molecule has 4 heterocycles. The maximum absolute atomic E-state index is 15.1. The van der Waals surface area contributed by atoms with Gasteiger partial charge in [-0.05, 0) is 81.0 Å². The van der Waals surface area contributed by atoms with Crippen LogP contribution in [0.25, 0.3) is 10.9 Å². The van der Waals surface area contributed by atoms with E-state index in [0.717, 1.165) is 0 Å². The van der Waals surface area contributed by atoms with Gasteiger partial charge in [0.25, 0.3) is 17.7 Å². The van der Waals surface area contributed by atoms with Crippen molar-refractivity contribution in [3.8, 4) is 0 Å². The Morgan fingerprint density at radius 2 is 0.967 bits per heavy atom. The van der Waals surface area contributed by atoms with Crippen molar-refractivity contribution in [1.82, 2.24) is 92.6 Å². The molecule has 4 aromatic rings. The van der Waals surface area contributed by atoms with E-state index in [9.17, 15) is 92.7 Å². The van der Waals surface area contributed by atoms with E-state index in [1.807, 2.05) is 0 Å². The number of aromatic amines is 2. The van der Waals surface area contributed by atoms with Gasteiger partial charge >= 0.3 is 29.8 Å². The highest BCUT2D eigenvalue weighted by Gasteiger charge is 2.41. The summed E-state index contributed by atoms with van der Waals surface area (Å²) >= 11 is 12.9. The molecule has 23 N–H and O–H groups in total. The molecule has 0 spiro atoms. The molecule has 2 aromatic heterocycles. The summed E-state index contributed by atoms with van der Waals surface area (Å²) in [5.41, 5.74) is 18.9. The minimum atomic E-state index is -1.84. The Morgan fingerprint density at radius 1 is 0.504 bits per heavy atom. The van der Waals surface area contributed by atoms with Crippen molar-refractivity contribution in [1.29, 1.82) is 0 Å². The number of likely N-dealkylation sites (tertiary alicyclic amines) is 1. The van der Waals surface area contributed by atoms with Crippen LogP contribution in [-0.4, -0.2) is 328 Å². The average molecular weight is 1750 g/mol. The van der Waals surface area contributed by atoms with Crippen LogP contribution in [0.4, 0.5) is 0 Å². The molecule has 0 bridgehead atoms. The number of aliphatic imine (C=N–C) groups is 1. The Hall–Kier alpha value is -11.2. The van der Waals surface area contributed by atoms with Gasteiger partial charge in [0, 0.05) is 114 Å². The minimum absolute atomic E-state index is 0.00640. The van der Waals surface area contributed by atoms with E-state index in [2.05, 4.69) is 111 Å². The summed E-state index contributed by atoms with van der Waals surface area (Å²) in [5.74, 6) is -17.6. The summed E-state index contributed by atoms with van der Waals surface area (Å²) in [6, 6.07) is 3.31. The largest absolute Gasteiger partial charge is 0.481 e. The van der Waals surface area contributed by atoms with Crippen molar-refractivity contribution in [3.63, 3.8) is 0 Å². The van der Waals surface area contributed by atoms with E-state index in [4.69, 9.17) is 17.2 Å². The number of fused-ring (bicyclic) bond motifs is 1. The van der Waals surface area contributed by atoms with Crippen molar-refractivity contribution in [3.05, 3.63) is 90.1 Å². The number of nitrogens with zero attached hydrogens (tertiary/aromatic N) is 7.